The Balaban J connectivity index is 1.98. The Hall–Kier alpha value is -1.87. The minimum Gasteiger partial charge on any atom is -0.396 e. The second kappa shape index (κ2) is 7.06. The van der Waals surface area contributed by atoms with Crippen LogP contribution in [0.5, 0.6) is 0 Å². The third kappa shape index (κ3) is 3.81. The van der Waals surface area contributed by atoms with Crippen LogP contribution in [0.15, 0.2) is 42.5 Å². The number of rotatable bonds is 6. The van der Waals surface area contributed by atoms with Gasteiger partial charge in [-0.2, -0.15) is 0 Å². The van der Waals surface area contributed by atoms with Gasteiger partial charge in [-0.05, 0) is 35.2 Å². The molecule has 0 fully saturated rings. The van der Waals surface area contributed by atoms with Gasteiger partial charge >= 0.3 is 0 Å². The highest BCUT2D eigenvalue weighted by molar-refractivity contribution is 5.83. The number of aliphatic hydroxyl groups excluding tert-OH is 1. The lowest BCUT2D eigenvalue weighted by Gasteiger charge is -2.17. The molecular weight excluding hydrogens is 250 g/mol. The first-order chi connectivity index (χ1) is 9.70. The smallest absolute Gasteiger partial charge is 0.222 e. The minimum absolute atomic E-state index is 0.131. The number of hydrogen-bond acceptors (Lipinski definition) is 2. The van der Waals surface area contributed by atoms with Gasteiger partial charge in [-0.15, -0.1) is 0 Å². The van der Waals surface area contributed by atoms with Gasteiger partial charge in [0.1, 0.15) is 0 Å². The fraction of sp³-hybridized carbons (Fsp3) is 0.353. The van der Waals surface area contributed by atoms with E-state index in [1.165, 1.54) is 10.8 Å². The molecule has 0 aliphatic heterocycles. The number of amides is 1. The molecule has 2 aromatic carbocycles. The number of unbranched alkanes of at least 4 members (excludes halogenated alkanes) is 1. The third-order valence-electron chi connectivity index (χ3n) is 3.46. The molecule has 3 nitrogen and oxygen atoms in total. The van der Waals surface area contributed by atoms with Gasteiger partial charge in [-0.25, -0.2) is 0 Å². The van der Waals surface area contributed by atoms with Gasteiger partial charge in [0.05, 0.1) is 0 Å². The van der Waals surface area contributed by atoms with Crippen molar-refractivity contribution in [1.82, 2.24) is 4.90 Å². The predicted octanol–water partition coefficient (Wildman–Crippen LogP) is 2.96. The molecule has 0 bridgehead atoms. The molecule has 0 heterocycles. The van der Waals surface area contributed by atoms with Gasteiger partial charge in [-0.1, -0.05) is 36.4 Å². The second-order valence-electron chi connectivity index (χ2n) is 5.11. The van der Waals surface area contributed by atoms with E-state index in [1.54, 1.807) is 4.90 Å². The summed E-state index contributed by atoms with van der Waals surface area (Å²) in [5, 5.41) is 11.1. The lowest BCUT2D eigenvalue weighted by Crippen LogP contribution is -2.25. The Labute approximate surface area is 119 Å². The molecule has 0 aliphatic rings. The van der Waals surface area contributed by atoms with E-state index in [0.717, 1.165) is 12.0 Å². The monoisotopic (exact) mass is 271 g/mol. The fourth-order valence-electron chi connectivity index (χ4n) is 2.28. The SMILES string of the molecule is CN(Cc1ccc2ccccc2c1)C(=O)CCCCO. The van der Waals surface area contributed by atoms with Crippen molar-refractivity contribution >= 4 is 16.7 Å². The largest absolute Gasteiger partial charge is 0.396 e. The number of carbonyl (C=O) groups excluding carboxylic acids is 1. The molecule has 1 amide bonds. The van der Waals surface area contributed by atoms with E-state index in [2.05, 4.69) is 30.3 Å². The maximum Gasteiger partial charge on any atom is 0.222 e. The molecule has 20 heavy (non-hydrogen) atoms. The average molecular weight is 271 g/mol. The summed E-state index contributed by atoms with van der Waals surface area (Å²) in [5.74, 6) is 0.131. The zero-order chi connectivity index (χ0) is 14.4. The van der Waals surface area contributed by atoms with Crippen molar-refractivity contribution in [3.63, 3.8) is 0 Å². The molecule has 3 heteroatoms. The van der Waals surface area contributed by atoms with Crippen LogP contribution in [-0.2, 0) is 11.3 Å². The van der Waals surface area contributed by atoms with Crippen molar-refractivity contribution in [1.29, 1.82) is 0 Å². The predicted molar refractivity (Wildman–Crippen MR) is 81.4 cm³/mol. The standard InChI is InChI=1S/C17H21NO2/c1-18(17(20)8-4-5-11-19)13-14-9-10-15-6-2-3-7-16(15)12-14/h2-3,6-7,9-10,12,19H,4-5,8,11,13H2,1H3. The summed E-state index contributed by atoms with van der Waals surface area (Å²) in [4.78, 5) is 13.7. The van der Waals surface area contributed by atoms with Crippen molar-refractivity contribution in [2.45, 2.75) is 25.8 Å². The van der Waals surface area contributed by atoms with E-state index >= 15 is 0 Å². The quantitative estimate of drug-likeness (QED) is 0.821. The van der Waals surface area contributed by atoms with Crippen molar-refractivity contribution < 1.29 is 9.90 Å². The minimum atomic E-state index is 0.131. The number of carbonyl (C=O) groups is 1. The van der Waals surface area contributed by atoms with E-state index < -0.39 is 0 Å². The Morgan fingerprint density at radius 3 is 2.60 bits per heavy atom. The van der Waals surface area contributed by atoms with Crippen molar-refractivity contribution in [2.75, 3.05) is 13.7 Å². The molecule has 2 rings (SSSR count). The van der Waals surface area contributed by atoms with Crippen LogP contribution < -0.4 is 0 Å². The molecule has 0 unspecified atom stereocenters. The highest BCUT2D eigenvalue weighted by Gasteiger charge is 2.09. The number of hydrogen-bond donors (Lipinski definition) is 1. The summed E-state index contributed by atoms with van der Waals surface area (Å²) < 4.78 is 0. The van der Waals surface area contributed by atoms with Crippen LogP contribution in [0.3, 0.4) is 0 Å². The van der Waals surface area contributed by atoms with Crippen molar-refractivity contribution in [3.8, 4) is 0 Å². The first kappa shape index (κ1) is 14.5. The maximum atomic E-state index is 11.9. The number of aliphatic hydroxyl groups is 1. The van der Waals surface area contributed by atoms with Gasteiger partial charge in [0.2, 0.25) is 5.91 Å². The highest BCUT2D eigenvalue weighted by atomic mass is 16.3. The molecule has 0 aromatic heterocycles. The van der Waals surface area contributed by atoms with E-state index in [-0.39, 0.29) is 12.5 Å². The van der Waals surface area contributed by atoms with Gasteiger partial charge in [0, 0.05) is 26.6 Å². The Morgan fingerprint density at radius 1 is 1.10 bits per heavy atom. The summed E-state index contributed by atoms with van der Waals surface area (Å²) in [7, 11) is 1.83. The van der Waals surface area contributed by atoms with Crippen LogP contribution in [0.4, 0.5) is 0 Å². The highest BCUT2D eigenvalue weighted by Crippen LogP contribution is 2.16. The third-order valence-corrected chi connectivity index (χ3v) is 3.46. The van der Waals surface area contributed by atoms with Crippen LogP contribution in [0, 0.1) is 0 Å². The Morgan fingerprint density at radius 2 is 1.85 bits per heavy atom. The number of nitrogens with zero attached hydrogens (tertiary/aromatic N) is 1. The summed E-state index contributed by atoms with van der Waals surface area (Å²) >= 11 is 0. The summed E-state index contributed by atoms with van der Waals surface area (Å²) in [6.45, 7) is 0.782. The van der Waals surface area contributed by atoms with Gasteiger partial charge < -0.3 is 10.0 Å². The molecule has 0 saturated carbocycles. The zero-order valence-electron chi connectivity index (χ0n) is 11.9. The van der Waals surface area contributed by atoms with Crippen molar-refractivity contribution in [2.24, 2.45) is 0 Å². The molecule has 0 saturated heterocycles. The Bertz CT molecular complexity index is 580. The van der Waals surface area contributed by atoms with E-state index in [4.69, 9.17) is 5.11 Å². The summed E-state index contributed by atoms with van der Waals surface area (Å²) in [6.07, 6.45) is 1.94. The number of fused-ring (bicyclic) bond motifs is 1. The van der Waals surface area contributed by atoms with Crippen LogP contribution in [-0.4, -0.2) is 29.6 Å². The topological polar surface area (TPSA) is 40.5 Å². The molecule has 0 atom stereocenters. The Kier molecular flexibility index (Phi) is 5.13. The molecule has 106 valence electrons. The van der Waals surface area contributed by atoms with Crippen LogP contribution in [0.2, 0.25) is 0 Å². The summed E-state index contributed by atoms with van der Waals surface area (Å²) in [6, 6.07) is 14.5. The average Bonchev–Trinajstić information content (AvgIpc) is 2.47. The van der Waals surface area contributed by atoms with E-state index in [0.29, 0.717) is 19.4 Å². The second-order valence-corrected chi connectivity index (χ2v) is 5.11. The summed E-state index contributed by atoms with van der Waals surface area (Å²) in [5.41, 5.74) is 1.14. The maximum absolute atomic E-state index is 11.9. The van der Waals surface area contributed by atoms with E-state index in [9.17, 15) is 4.79 Å². The molecule has 0 aliphatic carbocycles. The van der Waals surface area contributed by atoms with Gasteiger partial charge in [-0.3, -0.25) is 4.79 Å². The molecule has 1 N–H and O–H groups in total. The van der Waals surface area contributed by atoms with Gasteiger partial charge in [0.25, 0.3) is 0 Å². The van der Waals surface area contributed by atoms with E-state index in [1.807, 2.05) is 19.2 Å². The van der Waals surface area contributed by atoms with Crippen LogP contribution in [0.1, 0.15) is 24.8 Å². The first-order valence-corrected chi connectivity index (χ1v) is 7.03. The van der Waals surface area contributed by atoms with Crippen LogP contribution >= 0.6 is 0 Å². The molecular formula is C17H21NO2. The molecule has 2 aromatic rings. The zero-order valence-corrected chi connectivity index (χ0v) is 11.9. The lowest BCUT2D eigenvalue weighted by molar-refractivity contribution is -0.130. The van der Waals surface area contributed by atoms with Crippen molar-refractivity contribution in [3.05, 3.63) is 48.0 Å². The van der Waals surface area contributed by atoms with Gasteiger partial charge in [0.15, 0.2) is 0 Å². The molecule has 0 spiro atoms. The van der Waals surface area contributed by atoms with Crippen LogP contribution in [0.25, 0.3) is 10.8 Å². The normalized spacial score (nSPS) is 10.7. The fourth-order valence-corrected chi connectivity index (χ4v) is 2.28. The first-order valence-electron chi connectivity index (χ1n) is 7.03. The molecule has 0 radical (unpaired) electrons. The lowest BCUT2D eigenvalue weighted by atomic mass is 10.1. The number of benzene rings is 2.